The van der Waals surface area contributed by atoms with Crippen molar-refractivity contribution in [2.75, 3.05) is 0 Å². The number of benzene rings is 1. The van der Waals surface area contributed by atoms with Gasteiger partial charge >= 0.3 is 6.18 Å². The van der Waals surface area contributed by atoms with Crippen molar-refractivity contribution in [2.45, 2.75) is 38.3 Å². The third kappa shape index (κ3) is 8.21. The number of halogens is 3. The Kier molecular flexibility index (Phi) is 8.93. The molecule has 1 aromatic carbocycles. The molecule has 26 heavy (non-hydrogen) atoms. The van der Waals surface area contributed by atoms with E-state index in [1.807, 2.05) is 0 Å². The molecular weight excluding hydrogens is 373 g/mol. The van der Waals surface area contributed by atoms with Crippen LogP contribution in [-0.2, 0) is 15.8 Å². The molecule has 0 aliphatic carbocycles. The zero-order valence-electron chi connectivity index (χ0n) is 13.7. The molecule has 144 valence electrons. The fraction of sp³-hybridized carbons (Fsp3) is 0.400. The van der Waals surface area contributed by atoms with Crippen LogP contribution in [0.5, 0.6) is 0 Å². The first-order valence-electron chi connectivity index (χ1n) is 7.64. The van der Waals surface area contributed by atoms with Crippen molar-refractivity contribution in [1.82, 2.24) is 15.4 Å². The Morgan fingerprint density at radius 3 is 2.58 bits per heavy atom. The molecule has 0 unspecified atom stereocenters. The smallest absolute Gasteiger partial charge is 0.289 e. The molecule has 0 atom stereocenters. The van der Waals surface area contributed by atoms with Crippen molar-refractivity contribution in [3.63, 3.8) is 0 Å². The molecule has 0 heterocycles. The first kappa shape index (κ1) is 21.8. The van der Waals surface area contributed by atoms with Crippen LogP contribution < -0.4 is 11.0 Å². The molecule has 0 aliphatic heterocycles. The number of nitrogens with zero attached hydrogens (tertiary/aromatic N) is 2. The van der Waals surface area contributed by atoms with Crippen molar-refractivity contribution >= 4 is 30.8 Å². The number of hydroxylamine groups is 1. The van der Waals surface area contributed by atoms with E-state index in [0.29, 0.717) is 19.3 Å². The topological polar surface area (TPSA) is 94.0 Å². The molecule has 1 rings (SSSR count). The Morgan fingerprint density at radius 1 is 1.23 bits per heavy atom. The summed E-state index contributed by atoms with van der Waals surface area (Å²) in [5.41, 5.74) is 3.23. The number of nitrogens with one attached hydrogen (secondary N) is 2. The van der Waals surface area contributed by atoms with E-state index in [1.54, 1.807) is 0 Å². The van der Waals surface area contributed by atoms with Gasteiger partial charge in [-0.1, -0.05) is 18.6 Å². The number of hydrogen-bond acceptors (Lipinski definition) is 6. The van der Waals surface area contributed by atoms with Crippen LogP contribution in [0.25, 0.3) is 0 Å². The van der Waals surface area contributed by atoms with Crippen molar-refractivity contribution in [1.29, 1.82) is 0 Å². The highest BCUT2D eigenvalue weighted by Gasteiger charge is 2.30. The predicted octanol–water partition coefficient (Wildman–Crippen LogP) is 2.67. The molecule has 0 saturated heterocycles. The van der Waals surface area contributed by atoms with Crippen molar-refractivity contribution < 1.29 is 28.0 Å². The number of hydrazine groups is 1. The third-order valence-corrected chi connectivity index (χ3v) is 3.55. The minimum Gasteiger partial charge on any atom is -0.289 e. The van der Waals surface area contributed by atoms with Crippen molar-refractivity contribution in [3.05, 3.63) is 35.4 Å². The molecule has 1 aromatic rings. The van der Waals surface area contributed by atoms with Crippen molar-refractivity contribution in [3.8, 4) is 0 Å². The van der Waals surface area contributed by atoms with Gasteiger partial charge in [-0.2, -0.15) is 22.7 Å². The molecule has 0 aliphatic rings. The second-order valence-corrected chi connectivity index (χ2v) is 5.68. The first-order chi connectivity index (χ1) is 12.2. The zero-order chi connectivity index (χ0) is 19.6. The summed E-state index contributed by atoms with van der Waals surface area (Å²) in [6, 6.07) is 4.57. The van der Waals surface area contributed by atoms with Gasteiger partial charge in [-0.05, 0) is 43.4 Å². The second kappa shape index (κ2) is 10.7. The Morgan fingerprint density at radius 2 is 1.92 bits per heavy atom. The quantitative estimate of drug-likeness (QED) is 0.171. The number of hydrazone groups is 1. The molecule has 0 bridgehead atoms. The summed E-state index contributed by atoms with van der Waals surface area (Å²) in [4.78, 5) is 22.6. The lowest BCUT2D eigenvalue weighted by atomic mass is 10.1. The molecule has 0 aromatic heterocycles. The van der Waals surface area contributed by atoms with E-state index in [4.69, 9.17) is 5.21 Å². The van der Waals surface area contributed by atoms with Gasteiger partial charge in [0.15, 0.2) is 0 Å². The molecular formula is C15H19F3N4O3S. The number of thiol groups is 1. The Balaban J connectivity index is 2.36. The minimum absolute atomic E-state index is 0.149. The van der Waals surface area contributed by atoms with E-state index >= 15 is 0 Å². The summed E-state index contributed by atoms with van der Waals surface area (Å²) >= 11 is 3.89. The third-order valence-electron chi connectivity index (χ3n) is 3.24. The zero-order valence-corrected chi connectivity index (χ0v) is 14.6. The van der Waals surface area contributed by atoms with Gasteiger partial charge in [0, 0.05) is 12.8 Å². The maximum absolute atomic E-state index is 12.6. The standard InChI is InChI=1S/C15H19F3N4O3S/c16-15(17,18)12-6-4-5-11(9-12)10-19-21-22(26)14(24)8-3-1-2-7-13(23)20-25/h4-6,9-10,21,25-26H,1-3,7-8H2,(H,20,23)/b19-10+. The lowest BCUT2D eigenvalue weighted by molar-refractivity contribution is -0.137. The maximum atomic E-state index is 12.6. The molecule has 2 amide bonds. The van der Waals surface area contributed by atoms with Crippen LogP contribution in [0.15, 0.2) is 29.4 Å². The van der Waals surface area contributed by atoms with Crippen LogP contribution >= 0.6 is 12.8 Å². The number of carbonyl (C=O) groups is 2. The lowest BCUT2D eigenvalue weighted by Gasteiger charge is -2.13. The van der Waals surface area contributed by atoms with Gasteiger partial charge in [0.25, 0.3) is 5.91 Å². The highest BCUT2D eigenvalue weighted by molar-refractivity contribution is 7.78. The van der Waals surface area contributed by atoms with E-state index in [1.165, 1.54) is 17.6 Å². The van der Waals surface area contributed by atoms with Gasteiger partial charge in [0.05, 0.1) is 11.8 Å². The highest BCUT2D eigenvalue weighted by atomic mass is 32.1. The van der Waals surface area contributed by atoms with Crippen LogP contribution in [0.2, 0.25) is 0 Å². The predicted molar refractivity (Wildman–Crippen MR) is 91.0 cm³/mol. The number of unbranched alkanes of at least 4 members (excludes halogenated alkanes) is 2. The minimum atomic E-state index is -4.44. The molecule has 0 fully saturated rings. The summed E-state index contributed by atoms with van der Waals surface area (Å²) in [5.74, 6) is -0.876. The average Bonchev–Trinajstić information content (AvgIpc) is 2.60. The largest absolute Gasteiger partial charge is 0.416 e. The lowest BCUT2D eigenvalue weighted by Crippen LogP contribution is -2.31. The molecule has 11 heteroatoms. The van der Waals surface area contributed by atoms with E-state index in [9.17, 15) is 22.8 Å². The van der Waals surface area contributed by atoms with Crippen LogP contribution in [0, 0.1) is 0 Å². The van der Waals surface area contributed by atoms with E-state index in [2.05, 4.69) is 23.5 Å². The Bertz CT molecular complexity index is 641. The Labute approximate surface area is 153 Å². The molecule has 0 radical (unpaired) electrons. The molecule has 7 nitrogen and oxygen atoms in total. The van der Waals surface area contributed by atoms with E-state index in [-0.39, 0.29) is 24.3 Å². The summed E-state index contributed by atoms with van der Waals surface area (Å²) in [7, 11) is 0. The summed E-state index contributed by atoms with van der Waals surface area (Å²) in [6.45, 7) is 0. The van der Waals surface area contributed by atoms with Gasteiger partial charge < -0.3 is 0 Å². The van der Waals surface area contributed by atoms with E-state index < -0.39 is 17.6 Å². The second-order valence-electron chi connectivity index (χ2n) is 5.28. The van der Waals surface area contributed by atoms with E-state index in [0.717, 1.165) is 22.8 Å². The number of hydrogen-bond donors (Lipinski definition) is 4. The number of amides is 2. The van der Waals surface area contributed by atoms with Crippen LogP contribution in [-0.4, -0.2) is 27.7 Å². The van der Waals surface area contributed by atoms with Crippen LogP contribution in [0.3, 0.4) is 0 Å². The van der Waals surface area contributed by atoms with Gasteiger partial charge in [-0.3, -0.25) is 14.8 Å². The van der Waals surface area contributed by atoms with Gasteiger partial charge in [-0.15, -0.1) is 0 Å². The molecule has 0 spiro atoms. The summed E-state index contributed by atoms with van der Waals surface area (Å²) in [5, 5.41) is 12.0. The van der Waals surface area contributed by atoms with Crippen LogP contribution in [0.1, 0.15) is 43.2 Å². The molecule has 3 N–H and O–H groups in total. The monoisotopic (exact) mass is 392 g/mol. The van der Waals surface area contributed by atoms with Gasteiger partial charge in [0.2, 0.25) is 5.91 Å². The fourth-order valence-corrected chi connectivity index (χ4v) is 2.06. The molecule has 0 saturated carbocycles. The fourth-order valence-electron chi connectivity index (χ4n) is 1.91. The highest BCUT2D eigenvalue weighted by Crippen LogP contribution is 2.29. The number of alkyl halides is 3. The maximum Gasteiger partial charge on any atom is 0.416 e. The van der Waals surface area contributed by atoms with Crippen molar-refractivity contribution in [2.24, 2.45) is 5.10 Å². The number of carbonyl (C=O) groups excluding carboxylic acids is 2. The average molecular weight is 392 g/mol. The SMILES string of the molecule is O=C(CCCCCC(=O)N(S)N/N=C/c1cccc(C(F)(F)F)c1)NO. The first-order valence-corrected chi connectivity index (χ1v) is 8.04. The summed E-state index contributed by atoms with van der Waals surface area (Å²) in [6.07, 6.45) is -1.36. The van der Waals surface area contributed by atoms with Gasteiger partial charge in [0.1, 0.15) is 0 Å². The number of rotatable bonds is 9. The Hall–Kier alpha value is -2.27. The summed E-state index contributed by atoms with van der Waals surface area (Å²) < 4.78 is 38.6. The van der Waals surface area contributed by atoms with Gasteiger partial charge in [-0.25, -0.2) is 11.0 Å². The van der Waals surface area contributed by atoms with Crippen LogP contribution in [0.4, 0.5) is 13.2 Å². The normalized spacial score (nSPS) is 11.4.